The maximum atomic E-state index is 6.14. The first-order valence-corrected chi connectivity index (χ1v) is 8.65. The number of aryl methyl sites for hydroxylation is 1. The highest BCUT2D eigenvalue weighted by atomic mass is 35.5. The van der Waals surface area contributed by atoms with Crippen LogP contribution in [0, 0.1) is 0 Å². The van der Waals surface area contributed by atoms with Crippen molar-refractivity contribution in [2.45, 2.75) is 32.2 Å². The average molecular weight is 325 g/mol. The molecular formula is C15H21ClN4S. The Morgan fingerprint density at radius 1 is 1.48 bits per heavy atom. The molecule has 6 heteroatoms. The fourth-order valence-corrected chi connectivity index (χ4v) is 4.18. The van der Waals surface area contributed by atoms with Crippen molar-refractivity contribution in [1.29, 1.82) is 0 Å². The molecule has 4 nitrogen and oxygen atoms in total. The average Bonchev–Trinajstić information content (AvgIpc) is 2.88. The van der Waals surface area contributed by atoms with Crippen molar-refractivity contribution >= 4 is 39.0 Å². The van der Waals surface area contributed by atoms with Crippen LogP contribution in [0.3, 0.4) is 0 Å². The van der Waals surface area contributed by atoms with E-state index in [0.29, 0.717) is 11.3 Å². The van der Waals surface area contributed by atoms with Crippen molar-refractivity contribution in [3.63, 3.8) is 0 Å². The number of anilines is 1. The van der Waals surface area contributed by atoms with Gasteiger partial charge in [0, 0.05) is 24.5 Å². The minimum Gasteiger partial charge on any atom is -0.355 e. The van der Waals surface area contributed by atoms with Gasteiger partial charge in [0.1, 0.15) is 10.6 Å². The van der Waals surface area contributed by atoms with E-state index in [1.807, 2.05) is 0 Å². The first-order valence-electron chi connectivity index (χ1n) is 7.45. The van der Waals surface area contributed by atoms with Crippen LogP contribution < -0.4 is 4.90 Å². The summed E-state index contributed by atoms with van der Waals surface area (Å²) in [6.45, 7) is 4.42. The van der Waals surface area contributed by atoms with Crippen LogP contribution in [0.25, 0.3) is 10.2 Å². The molecule has 1 aliphatic rings. The van der Waals surface area contributed by atoms with Crippen LogP contribution in [0.15, 0.2) is 6.07 Å². The van der Waals surface area contributed by atoms with Gasteiger partial charge in [0.05, 0.1) is 5.39 Å². The third kappa shape index (κ3) is 3.00. The van der Waals surface area contributed by atoms with Crippen LogP contribution in [0.1, 0.15) is 24.6 Å². The summed E-state index contributed by atoms with van der Waals surface area (Å²) in [6.07, 6.45) is 3.46. The van der Waals surface area contributed by atoms with Gasteiger partial charge in [-0.3, -0.25) is 0 Å². The molecule has 114 valence electrons. The van der Waals surface area contributed by atoms with E-state index in [0.717, 1.165) is 29.0 Å². The number of hydrogen-bond acceptors (Lipinski definition) is 5. The lowest BCUT2D eigenvalue weighted by Gasteiger charge is -2.36. The Kier molecular flexibility index (Phi) is 4.33. The summed E-state index contributed by atoms with van der Waals surface area (Å²) < 4.78 is 0. The molecule has 1 fully saturated rings. The van der Waals surface area contributed by atoms with Gasteiger partial charge < -0.3 is 9.80 Å². The molecule has 0 amide bonds. The smallest absolute Gasteiger partial charge is 0.225 e. The van der Waals surface area contributed by atoms with E-state index in [9.17, 15) is 0 Å². The van der Waals surface area contributed by atoms with Gasteiger partial charge in [-0.05, 0) is 50.5 Å². The number of fused-ring (bicyclic) bond motifs is 1. The van der Waals surface area contributed by atoms with Gasteiger partial charge >= 0.3 is 0 Å². The predicted octanol–water partition coefficient (Wildman–Crippen LogP) is 3.44. The molecule has 0 bridgehead atoms. The van der Waals surface area contributed by atoms with Gasteiger partial charge in [-0.1, -0.05) is 6.92 Å². The molecule has 1 saturated heterocycles. The van der Waals surface area contributed by atoms with Crippen molar-refractivity contribution in [2.24, 2.45) is 0 Å². The Morgan fingerprint density at radius 2 is 2.29 bits per heavy atom. The molecule has 3 heterocycles. The van der Waals surface area contributed by atoms with Gasteiger partial charge in [-0.25, -0.2) is 4.98 Å². The molecule has 0 aromatic carbocycles. The maximum Gasteiger partial charge on any atom is 0.225 e. The van der Waals surface area contributed by atoms with Gasteiger partial charge in [0.25, 0.3) is 0 Å². The molecule has 1 unspecified atom stereocenters. The quantitative estimate of drug-likeness (QED) is 0.810. The Labute approximate surface area is 134 Å². The number of halogens is 1. The molecule has 1 aliphatic heterocycles. The molecule has 3 rings (SSSR count). The van der Waals surface area contributed by atoms with Crippen molar-refractivity contribution in [2.75, 3.05) is 32.1 Å². The van der Waals surface area contributed by atoms with Crippen LogP contribution in [-0.2, 0) is 6.42 Å². The number of piperidine rings is 1. The zero-order chi connectivity index (χ0) is 15.0. The zero-order valence-corrected chi connectivity index (χ0v) is 14.3. The Balaban J connectivity index is 1.99. The molecule has 2 aromatic rings. The van der Waals surface area contributed by atoms with Crippen LogP contribution in [0.4, 0.5) is 5.82 Å². The van der Waals surface area contributed by atoms with Crippen LogP contribution in [0.2, 0.25) is 5.28 Å². The Morgan fingerprint density at radius 3 is 3.00 bits per heavy atom. The third-order valence-electron chi connectivity index (χ3n) is 4.23. The number of likely N-dealkylation sites (N-methyl/N-ethyl adjacent to an activating group) is 2. The number of rotatable bonds is 3. The molecule has 0 N–H and O–H groups in total. The summed E-state index contributed by atoms with van der Waals surface area (Å²) in [7, 11) is 4.31. The summed E-state index contributed by atoms with van der Waals surface area (Å²) in [5.41, 5.74) is 0. The Hall–Kier alpha value is -0.910. The van der Waals surface area contributed by atoms with E-state index in [-0.39, 0.29) is 0 Å². The summed E-state index contributed by atoms with van der Waals surface area (Å²) in [4.78, 5) is 15.9. The largest absolute Gasteiger partial charge is 0.355 e. The van der Waals surface area contributed by atoms with E-state index in [1.165, 1.54) is 24.3 Å². The highest BCUT2D eigenvalue weighted by Gasteiger charge is 2.24. The van der Waals surface area contributed by atoms with Crippen LogP contribution in [0.5, 0.6) is 0 Å². The summed E-state index contributed by atoms with van der Waals surface area (Å²) >= 11 is 7.85. The lowest BCUT2D eigenvalue weighted by molar-refractivity contribution is 0.247. The predicted molar refractivity (Wildman–Crippen MR) is 90.7 cm³/mol. The number of likely N-dealkylation sites (tertiary alicyclic amines) is 1. The molecule has 1 atom stereocenters. The fraction of sp³-hybridized carbons (Fsp3) is 0.600. The minimum atomic E-state index is 0.345. The van der Waals surface area contributed by atoms with Crippen LogP contribution >= 0.6 is 22.9 Å². The van der Waals surface area contributed by atoms with Crippen molar-refractivity contribution in [3.05, 3.63) is 16.2 Å². The van der Waals surface area contributed by atoms with Crippen LogP contribution in [-0.4, -0.2) is 48.1 Å². The van der Waals surface area contributed by atoms with E-state index in [1.54, 1.807) is 11.3 Å². The lowest BCUT2D eigenvalue weighted by Crippen LogP contribution is -2.45. The van der Waals surface area contributed by atoms with E-state index < -0.39 is 0 Å². The third-order valence-corrected chi connectivity index (χ3v) is 5.57. The highest BCUT2D eigenvalue weighted by molar-refractivity contribution is 7.18. The topological polar surface area (TPSA) is 32.3 Å². The standard InChI is InChI=1S/C15H21ClN4S/c1-4-11-8-12-13(17-15(16)18-14(12)21-11)20(3)10-6-5-7-19(2)9-10/h8,10H,4-7,9H2,1-3H3. The minimum absolute atomic E-state index is 0.345. The van der Waals surface area contributed by atoms with E-state index in [2.05, 4.69) is 46.9 Å². The molecule has 0 saturated carbocycles. The first-order chi connectivity index (χ1) is 10.1. The normalized spacial score (nSPS) is 20.1. The first kappa shape index (κ1) is 15.0. The summed E-state index contributed by atoms with van der Waals surface area (Å²) in [6, 6.07) is 2.71. The summed E-state index contributed by atoms with van der Waals surface area (Å²) in [5, 5.41) is 1.48. The summed E-state index contributed by atoms with van der Waals surface area (Å²) in [5.74, 6) is 0.973. The van der Waals surface area contributed by atoms with Gasteiger partial charge in [0.2, 0.25) is 5.28 Å². The zero-order valence-electron chi connectivity index (χ0n) is 12.8. The molecule has 0 spiro atoms. The second-order valence-electron chi connectivity index (χ2n) is 5.77. The number of nitrogens with zero attached hydrogens (tertiary/aromatic N) is 4. The molecular weight excluding hydrogens is 304 g/mol. The second kappa shape index (κ2) is 6.07. The second-order valence-corrected chi connectivity index (χ2v) is 7.22. The maximum absolute atomic E-state index is 6.14. The molecule has 0 radical (unpaired) electrons. The fourth-order valence-electron chi connectivity index (χ4n) is 3.00. The highest BCUT2D eigenvalue weighted by Crippen LogP contribution is 2.33. The van der Waals surface area contributed by atoms with E-state index in [4.69, 9.17) is 11.6 Å². The Bertz CT molecular complexity index is 642. The molecule has 0 aliphatic carbocycles. The SMILES string of the molecule is CCc1cc2c(N(C)C3CCCN(C)C3)nc(Cl)nc2s1. The van der Waals surface area contributed by atoms with E-state index >= 15 is 0 Å². The molecule has 2 aromatic heterocycles. The van der Waals surface area contributed by atoms with Gasteiger partial charge in [-0.15, -0.1) is 11.3 Å². The van der Waals surface area contributed by atoms with Crippen molar-refractivity contribution < 1.29 is 0 Å². The number of aromatic nitrogens is 2. The number of hydrogen-bond donors (Lipinski definition) is 0. The monoisotopic (exact) mass is 324 g/mol. The molecule has 21 heavy (non-hydrogen) atoms. The van der Waals surface area contributed by atoms with Crippen molar-refractivity contribution in [1.82, 2.24) is 14.9 Å². The van der Waals surface area contributed by atoms with Gasteiger partial charge in [-0.2, -0.15) is 4.98 Å². The number of thiophene rings is 1. The lowest BCUT2D eigenvalue weighted by atomic mass is 10.0. The van der Waals surface area contributed by atoms with Gasteiger partial charge in [0.15, 0.2) is 0 Å². The van der Waals surface area contributed by atoms with Crippen molar-refractivity contribution in [3.8, 4) is 0 Å².